The number of rotatable bonds is 9. The highest BCUT2D eigenvalue weighted by Gasteiger charge is 2.22. The average Bonchev–Trinajstić information content (AvgIpc) is 2.45. The smallest absolute Gasteiger partial charge is 0.305 e. The van der Waals surface area contributed by atoms with Crippen molar-refractivity contribution in [3.05, 3.63) is 0 Å². The number of nitrogens with zero attached hydrogens (tertiary/aromatic N) is 1. The van der Waals surface area contributed by atoms with Crippen LogP contribution in [0.1, 0.15) is 52.9 Å². The molecule has 0 aromatic carbocycles. The van der Waals surface area contributed by atoms with E-state index in [0.29, 0.717) is 19.1 Å². The molecule has 0 bridgehead atoms. The van der Waals surface area contributed by atoms with Crippen molar-refractivity contribution < 1.29 is 9.53 Å². The summed E-state index contributed by atoms with van der Waals surface area (Å²) in [5.74, 6) is 0.709. The Labute approximate surface area is 124 Å². The zero-order chi connectivity index (χ0) is 14.8. The zero-order valence-electron chi connectivity index (χ0n) is 13.5. The Morgan fingerprint density at radius 1 is 1.35 bits per heavy atom. The first-order valence-electron chi connectivity index (χ1n) is 8.28. The Kier molecular flexibility index (Phi) is 8.86. The third kappa shape index (κ3) is 6.71. The number of carbonyl (C=O) groups is 1. The molecule has 1 aliphatic rings. The van der Waals surface area contributed by atoms with E-state index in [1.807, 2.05) is 6.92 Å². The van der Waals surface area contributed by atoms with Crippen molar-refractivity contribution in [2.45, 2.75) is 58.9 Å². The highest BCUT2D eigenvalue weighted by atomic mass is 16.5. The lowest BCUT2D eigenvalue weighted by molar-refractivity contribution is -0.143. The van der Waals surface area contributed by atoms with Gasteiger partial charge in [0.05, 0.1) is 6.61 Å². The van der Waals surface area contributed by atoms with E-state index in [9.17, 15) is 4.79 Å². The Hall–Kier alpha value is -0.610. The lowest BCUT2D eigenvalue weighted by atomic mass is 9.90. The minimum atomic E-state index is -0.0742. The molecule has 0 aromatic rings. The summed E-state index contributed by atoms with van der Waals surface area (Å²) in [6.45, 7) is 11.5. The predicted octanol–water partition coefficient (Wildman–Crippen LogP) is 2.43. The summed E-state index contributed by atoms with van der Waals surface area (Å²) < 4.78 is 4.93. The Bertz CT molecular complexity index is 263. The van der Waals surface area contributed by atoms with Gasteiger partial charge in [-0.1, -0.05) is 6.92 Å². The van der Waals surface area contributed by atoms with Gasteiger partial charge in [-0.05, 0) is 71.6 Å². The summed E-state index contributed by atoms with van der Waals surface area (Å²) in [7, 11) is 0. The molecule has 1 fully saturated rings. The van der Waals surface area contributed by atoms with Crippen LogP contribution in [-0.2, 0) is 9.53 Å². The third-order valence-corrected chi connectivity index (χ3v) is 4.21. The van der Waals surface area contributed by atoms with Gasteiger partial charge >= 0.3 is 5.97 Å². The summed E-state index contributed by atoms with van der Waals surface area (Å²) in [6, 6.07) is 0.556. The van der Waals surface area contributed by atoms with E-state index in [1.54, 1.807) is 0 Å². The van der Waals surface area contributed by atoms with Crippen molar-refractivity contribution >= 4 is 5.97 Å². The Morgan fingerprint density at radius 2 is 2.05 bits per heavy atom. The second-order valence-corrected chi connectivity index (χ2v) is 5.83. The van der Waals surface area contributed by atoms with Crippen molar-refractivity contribution in [3.8, 4) is 0 Å². The first kappa shape index (κ1) is 17.4. The van der Waals surface area contributed by atoms with E-state index < -0.39 is 0 Å². The molecule has 0 spiro atoms. The maximum absolute atomic E-state index is 11.2. The van der Waals surface area contributed by atoms with E-state index >= 15 is 0 Å². The number of carbonyl (C=O) groups excluding carboxylic acids is 1. The fraction of sp³-hybridized carbons (Fsp3) is 0.938. The van der Waals surface area contributed by atoms with Crippen LogP contribution in [0.3, 0.4) is 0 Å². The fourth-order valence-electron chi connectivity index (χ4n) is 2.96. The first-order chi connectivity index (χ1) is 9.67. The number of piperidine rings is 1. The predicted molar refractivity (Wildman–Crippen MR) is 82.8 cm³/mol. The molecule has 0 aromatic heterocycles. The molecule has 0 aliphatic carbocycles. The molecule has 0 saturated carbocycles. The molecule has 1 aliphatic heterocycles. The van der Waals surface area contributed by atoms with Crippen LogP contribution < -0.4 is 5.32 Å². The second kappa shape index (κ2) is 10.2. The molecule has 20 heavy (non-hydrogen) atoms. The molecule has 1 saturated heterocycles. The number of ether oxygens (including phenoxy) is 1. The molecule has 1 atom stereocenters. The normalized spacial score (nSPS) is 18.9. The zero-order valence-corrected chi connectivity index (χ0v) is 13.5. The molecule has 0 radical (unpaired) electrons. The van der Waals surface area contributed by atoms with Gasteiger partial charge in [0.15, 0.2) is 0 Å². The van der Waals surface area contributed by atoms with Gasteiger partial charge in [-0.25, -0.2) is 0 Å². The van der Waals surface area contributed by atoms with E-state index in [0.717, 1.165) is 18.9 Å². The fourth-order valence-corrected chi connectivity index (χ4v) is 2.96. The summed E-state index contributed by atoms with van der Waals surface area (Å²) in [6.07, 6.45) is 5.25. The number of hydrogen-bond acceptors (Lipinski definition) is 4. The van der Waals surface area contributed by atoms with Crippen molar-refractivity contribution in [2.24, 2.45) is 5.92 Å². The number of likely N-dealkylation sites (tertiary alicyclic amines) is 1. The molecule has 1 rings (SSSR count). The first-order valence-corrected chi connectivity index (χ1v) is 8.28. The number of nitrogens with one attached hydrogen (secondary N) is 1. The van der Waals surface area contributed by atoms with Crippen LogP contribution in [-0.4, -0.2) is 49.7 Å². The highest BCUT2D eigenvalue weighted by molar-refractivity contribution is 5.69. The van der Waals surface area contributed by atoms with Gasteiger partial charge in [0.1, 0.15) is 0 Å². The molecule has 4 heteroatoms. The van der Waals surface area contributed by atoms with E-state index in [4.69, 9.17) is 4.74 Å². The van der Waals surface area contributed by atoms with E-state index in [-0.39, 0.29) is 5.97 Å². The monoisotopic (exact) mass is 284 g/mol. The topological polar surface area (TPSA) is 41.6 Å². The van der Waals surface area contributed by atoms with Gasteiger partial charge in [0, 0.05) is 12.5 Å². The lowest BCUT2D eigenvalue weighted by Crippen LogP contribution is -2.42. The number of esters is 1. The summed E-state index contributed by atoms with van der Waals surface area (Å²) in [5.41, 5.74) is 0. The molecule has 1 N–H and O–H groups in total. The quantitative estimate of drug-likeness (QED) is 0.521. The van der Waals surface area contributed by atoms with Crippen molar-refractivity contribution in [2.75, 3.05) is 32.8 Å². The number of hydrogen-bond donors (Lipinski definition) is 1. The van der Waals surface area contributed by atoms with E-state index in [1.165, 1.54) is 38.9 Å². The van der Waals surface area contributed by atoms with Gasteiger partial charge in [-0.2, -0.15) is 0 Å². The summed E-state index contributed by atoms with van der Waals surface area (Å²) in [4.78, 5) is 13.8. The van der Waals surface area contributed by atoms with Crippen molar-refractivity contribution in [3.63, 3.8) is 0 Å². The van der Waals surface area contributed by atoms with Gasteiger partial charge in [-0.3, -0.25) is 4.79 Å². The van der Waals surface area contributed by atoms with Crippen LogP contribution in [0.25, 0.3) is 0 Å². The lowest BCUT2D eigenvalue weighted by Gasteiger charge is -2.35. The molecule has 1 unspecified atom stereocenters. The maximum Gasteiger partial charge on any atom is 0.305 e. The van der Waals surface area contributed by atoms with Crippen LogP contribution in [0, 0.1) is 5.92 Å². The van der Waals surface area contributed by atoms with Crippen molar-refractivity contribution in [1.82, 2.24) is 10.2 Å². The second-order valence-electron chi connectivity index (χ2n) is 5.83. The van der Waals surface area contributed by atoms with Gasteiger partial charge in [0.2, 0.25) is 0 Å². The van der Waals surface area contributed by atoms with Crippen LogP contribution in [0.2, 0.25) is 0 Å². The molecule has 4 nitrogen and oxygen atoms in total. The van der Waals surface area contributed by atoms with Gasteiger partial charge in [0.25, 0.3) is 0 Å². The summed E-state index contributed by atoms with van der Waals surface area (Å²) >= 11 is 0. The van der Waals surface area contributed by atoms with E-state index in [2.05, 4.69) is 24.1 Å². The molecule has 1 heterocycles. The molecular formula is C16H32N2O2. The van der Waals surface area contributed by atoms with Gasteiger partial charge in [-0.15, -0.1) is 0 Å². The third-order valence-electron chi connectivity index (χ3n) is 4.21. The van der Waals surface area contributed by atoms with Crippen LogP contribution >= 0.6 is 0 Å². The Balaban J connectivity index is 2.08. The maximum atomic E-state index is 11.2. The Morgan fingerprint density at radius 3 is 2.65 bits per heavy atom. The standard InChI is InChI=1S/C16H32N2O2/c1-4-11-18-12-8-15(9-13-18)14(3)17-10-6-7-16(19)20-5-2/h14-15,17H,4-13H2,1-3H3. The minimum absolute atomic E-state index is 0.0742. The summed E-state index contributed by atoms with van der Waals surface area (Å²) in [5, 5.41) is 3.57. The van der Waals surface area contributed by atoms with Crippen LogP contribution in [0.5, 0.6) is 0 Å². The average molecular weight is 284 g/mol. The molecular weight excluding hydrogens is 252 g/mol. The largest absolute Gasteiger partial charge is 0.466 e. The molecule has 0 amide bonds. The molecule has 118 valence electrons. The van der Waals surface area contributed by atoms with Crippen LogP contribution in [0.15, 0.2) is 0 Å². The van der Waals surface area contributed by atoms with Crippen molar-refractivity contribution in [1.29, 1.82) is 0 Å². The highest BCUT2D eigenvalue weighted by Crippen LogP contribution is 2.20. The van der Waals surface area contributed by atoms with Crippen LogP contribution in [0.4, 0.5) is 0 Å². The SMILES string of the molecule is CCCN1CCC(C(C)NCCCC(=O)OCC)CC1. The van der Waals surface area contributed by atoms with Gasteiger partial charge < -0.3 is 15.0 Å². The minimum Gasteiger partial charge on any atom is -0.466 e.